The van der Waals surface area contributed by atoms with Crippen molar-refractivity contribution < 1.29 is 4.39 Å². The molecular weight excluding hydrogens is 197 g/mol. The second kappa shape index (κ2) is 4.16. The molecular formula is C8H15ClFNS. The van der Waals surface area contributed by atoms with Crippen LogP contribution in [0.25, 0.3) is 0 Å². The van der Waals surface area contributed by atoms with Crippen LogP contribution in [0.15, 0.2) is 0 Å². The average Bonchev–Trinajstić information content (AvgIpc) is 2.37. The largest absolute Gasteiger partial charge is 0.310 e. The van der Waals surface area contributed by atoms with Gasteiger partial charge in [0.15, 0.2) is 0 Å². The van der Waals surface area contributed by atoms with E-state index in [9.17, 15) is 4.39 Å². The molecule has 2 fully saturated rings. The number of hydrogen-bond acceptors (Lipinski definition) is 2. The molecule has 12 heavy (non-hydrogen) atoms. The lowest BCUT2D eigenvalue weighted by Gasteiger charge is -2.35. The number of piperidine rings is 1. The molecule has 0 saturated carbocycles. The van der Waals surface area contributed by atoms with Crippen LogP contribution in [0.3, 0.4) is 0 Å². The summed E-state index contributed by atoms with van der Waals surface area (Å²) in [6.07, 6.45) is 2.08. The van der Waals surface area contributed by atoms with Gasteiger partial charge in [-0.05, 0) is 31.6 Å². The molecule has 1 N–H and O–H groups in total. The second-order valence-electron chi connectivity index (χ2n) is 3.60. The third-order valence-electron chi connectivity index (χ3n) is 2.67. The number of thioether (sulfide) groups is 1. The first-order valence-electron chi connectivity index (χ1n) is 4.28. The van der Waals surface area contributed by atoms with Crippen molar-refractivity contribution in [1.29, 1.82) is 0 Å². The molecule has 0 aromatic heterocycles. The molecule has 2 atom stereocenters. The van der Waals surface area contributed by atoms with Crippen molar-refractivity contribution in [2.45, 2.75) is 31.0 Å². The summed E-state index contributed by atoms with van der Waals surface area (Å²) >= 11 is 1.95. The van der Waals surface area contributed by atoms with Gasteiger partial charge < -0.3 is 5.32 Å². The Bertz CT molecular complexity index is 150. The minimum absolute atomic E-state index is 0. The van der Waals surface area contributed by atoms with Crippen LogP contribution in [0.1, 0.15) is 19.3 Å². The van der Waals surface area contributed by atoms with Crippen molar-refractivity contribution in [3.05, 3.63) is 0 Å². The van der Waals surface area contributed by atoms with Gasteiger partial charge in [0.1, 0.15) is 6.17 Å². The van der Waals surface area contributed by atoms with Crippen LogP contribution < -0.4 is 5.32 Å². The van der Waals surface area contributed by atoms with E-state index in [0.717, 1.165) is 25.1 Å². The van der Waals surface area contributed by atoms with Gasteiger partial charge in [0.25, 0.3) is 0 Å². The predicted molar refractivity (Wildman–Crippen MR) is 54.1 cm³/mol. The maximum atomic E-state index is 13.0. The Morgan fingerprint density at radius 3 is 2.92 bits per heavy atom. The minimum atomic E-state index is -0.546. The van der Waals surface area contributed by atoms with Crippen molar-refractivity contribution >= 4 is 24.2 Å². The molecule has 2 aliphatic heterocycles. The van der Waals surface area contributed by atoms with Crippen molar-refractivity contribution in [2.24, 2.45) is 0 Å². The van der Waals surface area contributed by atoms with Crippen LogP contribution in [0.2, 0.25) is 0 Å². The summed E-state index contributed by atoms with van der Waals surface area (Å²) < 4.78 is 13.0. The molecule has 0 amide bonds. The highest BCUT2D eigenvalue weighted by Gasteiger charge is 2.38. The molecule has 0 radical (unpaired) electrons. The van der Waals surface area contributed by atoms with E-state index < -0.39 is 6.17 Å². The van der Waals surface area contributed by atoms with Crippen LogP contribution in [0.5, 0.6) is 0 Å². The first-order chi connectivity index (χ1) is 5.31. The van der Waals surface area contributed by atoms with E-state index in [2.05, 4.69) is 5.32 Å². The van der Waals surface area contributed by atoms with Gasteiger partial charge in [-0.3, -0.25) is 0 Å². The van der Waals surface area contributed by atoms with Gasteiger partial charge in [0.05, 0.1) is 0 Å². The molecule has 1 nitrogen and oxygen atoms in total. The Morgan fingerprint density at radius 1 is 1.50 bits per heavy atom. The molecule has 0 bridgehead atoms. The highest BCUT2D eigenvalue weighted by atomic mass is 35.5. The van der Waals surface area contributed by atoms with Gasteiger partial charge >= 0.3 is 0 Å². The number of rotatable bonds is 0. The average molecular weight is 212 g/mol. The zero-order chi connectivity index (χ0) is 7.73. The molecule has 2 saturated heterocycles. The van der Waals surface area contributed by atoms with Crippen LogP contribution >= 0.6 is 24.2 Å². The summed E-state index contributed by atoms with van der Waals surface area (Å²) in [5, 5.41) is 3.46. The first kappa shape index (κ1) is 10.6. The predicted octanol–water partition coefficient (Wildman–Crippen LogP) is 2.01. The summed E-state index contributed by atoms with van der Waals surface area (Å²) in [5.74, 6) is 2.33. The minimum Gasteiger partial charge on any atom is -0.310 e. The van der Waals surface area contributed by atoms with E-state index in [1.54, 1.807) is 0 Å². The Balaban J connectivity index is 0.000000720. The Hall–Kier alpha value is 0.530. The third kappa shape index (κ3) is 2.06. The maximum absolute atomic E-state index is 13.0. The van der Waals surface area contributed by atoms with E-state index in [1.165, 1.54) is 5.75 Å². The standard InChI is InChI=1S/C8H14FNS.ClH/c9-7-1-3-10-8(5-7)2-4-11-6-8;/h7,10H,1-6H2;1H. The van der Waals surface area contributed by atoms with Crippen LogP contribution in [0, 0.1) is 0 Å². The van der Waals surface area contributed by atoms with E-state index in [0.29, 0.717) is 6.42 Å². The van der Waals surface area contributed by atoms with E-state index in [1.807, 2.05) is 11.8 Å². The molecule has 0 aromatic carbocycles. The molecule has 1 spiro atoms. The highest BCUT2D eigenvalue weighted by Crippen LogP contribution is 2.35. The fraction of sp³-hybridized carbons (Fsp3) is 1.00. The lowest BCUT2D eigenvalue weighted by molar-refractivity contribution is 0.169. The molecule has 0 aliphatic carbocycles. The van der Waals surface area contributed by atoms with Gasteiger partial charge in [-0.1, -0.05) is 0 Å². The summed E-state index contributed by atoms with van der Waals surface area (Å²) in [6, 6.07) is 0. The lowest BCUT2D eigenvalue weighted by Crippen LogP contribution is -2.51. The number of nitrogens with one attached hydrogen (secondary N) is 1. The van der Waals surface area contributed by atoms with Gasteiger partial charge in [-0.25, -0.2) is 4.39 Å². The Kier molecular flexibility index (Phi) is 3.68. The molecule has 0 aromatic rings. The van der Waals surface area contributed by atoms with Gasteiger partial charge in [0, 0.05) is 11.3 Å². The van der Waals surface area contributed by atoms with E-state index in [-0.39, 0.29) is 17.9 Å². The van der Waals surface area contributed by atoms with Crippen LogP contribution in [0.4, 0.5) is 4.39 Å². The van der Waals surface area contributed by atoms with Gasteiger partial charge in [0.2, 0.25) is 0 Å². The fourth-order valence-electron chi connectivity index (χ4n) is 2.00. The normalized spacial score (nSPS) is 41.2. The van der Waals surface area contributed by atoms with Gasteiger partial charge in [-0.15, -0.1) is 12.4 Å². The molecule has 4 heteroatoms. The van der Waals surface area contributed by atoms with E-state index >= 15 is 0 Å². The number of halogens is 2. The van der Waals surface area contributed by atoms with Crippen molar-refractivity contribution in [3.63, 3.8) is 0 Å². The van der Waals surface area contributed by atoms with Crippen LogP contribution in [-0.2, 0) is 0 Å². The SMILES string of the molecule is Cl.FC1CCNC2(CCSC2)C1. The first-order valence-corrected chi connectivity index (χ1v) is 5.43. The Morgan fingerprint density at radius 2 is 2.33 bits per heavy atom. The molecule has 2 rings (SSSR count). The molecule has 72 valence electrons. The summed E-state index contributed by atoms with van der Waals surface area (Å²) in [7, 11) is 0. The summed E-state index contributed by atoms with van der Waals surface area (Å²) in [6.45, 7) is 0.877. The maximum Gasteiger partial charge on any atom is 0.103 e. The smallest absolute Gasteiger partial charge is 0.103 e. The van der Waals surface area contributed by atoms with Crippen molar-refractivity contribution in [3.8, 4) is 0 Å². The lowest BCUT2D eigenvalue weighted by atomic mass is 9.87. The zero-order valence-corrected chi connectivity index (χ0v) is 8.65. The Labute approximate surface area is 83.3 Å². The fourth-order valence-corrected chi connectivity index (χ4v) is 3.43. The highest BCUT2D eigenvalue weighted by molar-refractivity contribution is 7.99. The third-order valence-corrected chi connectivity index (χ3v) is 3.92. The van der Waals surface area contributed by atoms with Crippen molar-refractivity contribution in [2.75, 3.05) is 18.1 Å². The molecule has 2 aliphatic rings. The zero-order valence-electron chi connectivity index (χ0n) is 7.01. The van der Waals surface area contributed by atoms with Crippen molar-refractivity contribution in [1.82, 2.24) is 5.32 Å². The molecule has 2 unspecified atom stereocenters. The number of hydrogen-bond donors (Lipinski definition) is 1. The van der Waals surface area contributed by atoms with Crippen LogP contribution in [-0.4, -0.2) is 29.8 Å². The summed E-state index contributed by atoms with van der Waals surface area (Å²) in [5.41, 5.74) is 0.183. The monoisotopic (exact) mass is 211 g/mol. The number of alkyl halides is 1. The topological polar surface area (TPSA) is 12.0 Å². The van der Waals surface area contributed by atoms with E-state index in [4.69, 9.17) is 0 Å². The summed E-state index contributed by atoms with van der Waals surface area (Å²) in [4.78, 5) is 0. The molecule has 2 heterocycles. The second-order valence-corrected chi connectivity index (χ2v) is 4.70. The van der Waals surface area contributed by atoms with Gasteiger partial charge in [-0.2, -0.15) is 11.8 Å². The quantitative estimate of drug-likeness (QED) is 0.658.